The van der Waals surface area contributed by atoms with Crippen LogP contribution in [0.3, 0.4) is 0 Å². The van der Waals surface area contributed by atoms with Gasteiger partial charge in [-0.3, -0.25) is 4.99 Å². The third-order valence-electron chi connectivity index (χ3n) is 3.64. The highest BCUT2D eigenvalue weighted by Gasteiger charge is 2.20. The van der Waals surface area contributed by atoms with Crippen molar-refractivity contribution in [3.05, 3.63) is 0 Å². The molecule has 1 rings (SSSR count). The third kappa shape index (κ3) is 5.90. The molecule has 1 aliphatic rings. The Kier molecular flexibility index (Phi) is 7.39. The molecule has 0 bridgehead atoms. The third-order valence-corrected chi connectivity index (χ3v) is 3.64. The molecule has 0 radical (unpaired) electrons. The first-order chi connectivity index (χ1) is 7.42. The van der Waals surface area contributed by atoms with Crippen LogP contribution in [-0.2, 0) is 0 Å². The van der Waals surface area contributed by atoms with E-state index in [1.807, 2.05) is 0 Å². The Morgan fingerprint density at radius 3 is 2.41 bits per heavy atom. The van der Waals surface area contributed by atoms with Gasteiger partial charge in [-0.05, 0) is 46.7 Å². The fourth-order valence-electron chi connectivity index (χ4n) is 1.42. The lowest BCUT2D eigenvalue weighted by Gasteiger charge is -2.31. The Labute approximate surface area is 122 Å². The summed E-state index contributed by atoms with van der Waals surface area (Å²) >= 11 is 0. The Bertz CT molecular complexity index is 247. The minimum Gasteiger partial charge on any atom is -0.370 e. The number of nitrogens with one attached hydrogen (secondary N) is 1. The quantitative estimate of drug-likeness (QED) is 0.449. The zero-order chi connectivity index (χ0) is 12.2. The van der Waals surface area contributed by atoms with E-state index in [1.165, 1.54) is 19.3 Å². The van der Waals surface area contributed by atoms with Crippen molar-refractivity contribution in [3.8, 4) is 0 Å². The summed E-state index contributed by atoms with van der Waals surface area (Å²) in [4.78, 5) is 6.55. The summed E-state index contributed by atoms with van der Waals surface area (Å²) < 4.78 is 0. The average Bonchev–Trinajstić information content (AvgIpc) is 2.12. The molecule has 17 heavy (non-hydrogen) atoms. The molecule has 0 aromatic rings. The van der Waals surface area contributed by atoms with Gasteiger partial charge < -0.3 is 16.0 Å². The highest BCUT2D eigenvalue weighted by atomic mass is 127. The lowest BCUT2D eigenvalue weighted by atomic mass is 9.85. The molecule has 1 saturated carbocycles. The highest BCUT2D eigenvalue weighted by molar-refractivity contribution is 14.0. The van der Waals surface area contributed by atoms with Crippen molar-refractivity contribution in [2.45, 2.75) is 38.6 Å². The van der Waals surface area contributed by atoms with Crippen LogP contribution in [0.4, 0.5) is 0 Å². The van der Waals surface area contributed by atoms with Gasteiger partial charge in [0.2, 0.25) is 0 Å². The number of rotatable bonds is 5. The molecule has 1 fully saturated rings. The topological polar surface area (TPSA) is 53.6 Å². The molecule has 0 aromatic heterocycles. The second-order valence-corrected chi connectivity index (χ2v) is 5.59. The first kappa shape index (κ1) is 17.0. The molecule has 0 aliphatic heterocycles. The van der Waals surface area contributed by atoms with Crippen LogP contribution in [0.1, 0.15) is 33.1 Å². The van der Waals surface area contributed by atoms with Crippen LogP contribution in [-0.4, -0.2) is 43.6 Å². The Balaban J connectivity index is 0.00000256. The number of hydrogen-bond donors (Lipinski definition) is 2. The van der Waals surface area contributed by atoms with Crippen LogP contribution in [0.25, 0.3) is 0 Å². The number of hydrogen-bond acceptors (Lipinski definition) is 2. The molecular formula is C12H27IN4. The maximum atomic E-state index is 5.83. The molecule has 0 heterocycles. The van der Waals surface area contributed by atoms with Gasteiger partial charge in [0.15, 0.2) is 5.96 Å². The van der Waals surface area contributed by atoms with E-state index in [9.17, 15) is 0 Å². The van der Waals surface area contributed by atoms with Crippen molar-refractivity contribution in [2.24, 2.45) is 16.6 Å². The van der Waals surface area contributed by atoms with Crippen LogP contribution in [0.5, 0.6) is 0 Å². The summed E-state index contributed by atoms with van der Waals surface area (Å²) in [5.41, 5.74) is 5.89. The Hall–Kier alpha value is -0.0400. The first-order valence-electron chi connectivity index (χ1n) is 6.13. The molecule has 4 nitrogen and oxygen atoms in total. The van der Waals surface area contributed by atoms with E-state index in [0.29, 0.717) is 5.96 Å². The van der Waals surface area contributed by atoms with E-state index in [0.717, 1.165) is 19.0 Å². The number of guanidine groups is 1. The lowest BCUT2D eigenvalue weighted by molar-refractivity contribution is 0.205. The number of aliphatic imine (C=N–C) groups is 1. The summed E-state index contributed by atoms with van der Waals surface area (Å²) in [5.74, 6) is 1.40. The standard InChI is InChI=1S/C12H26N4.HI/c1-12(2,16(3)4)9-15-11(13)14-8-10-6-5-7-10;/h10H,5-9H2,1-4H3,(H3,13,14,15);1H. The second kappa shape index (κ2) is 7.41. The molecule has 1 aliphatic carbocycles. The van der Waals surface area contributed by atoms with Crippen LogP contribution in [0.15, 0.2) is 4.99 Å². The van der Waals surface area contributed by atoms with Crippen LogP contribution >= 0.6 is 24.0 Å². The summed E-state index contributed by atoms with van der Waals surface area (Å²) in [6, 6.07) is 0. The molecule has 5 heteroatoms. The summed E-state index contributed by atoms with van der Waals surface area (Å²) in [5, 5.41) is 3.21. The van der Waals surface area contributed by atoms with Crippen LogP contribution in [0.2, 0.25) is 0 Å². The smallest absolute Gasteiger partial charge is 0.188 e. The van der Waals surface area contributed by atoms with Crippen molar-refractivity contribution < 1.29 is 0 Å². The first-order valence-corrected chi connectivity index (χ1v) is 6.13. The van der Waals surface area contributed by atoms with Crippen LogP contribution < -0.4 is 11.1 Å². The van der Waals surface area contributed by atoms with Crippen molar-refractivity contribution in [1.82, 2.24) is 10.2 Å². The van der Waals surface area contributed by atoms with E-state index in [1.54, 1.807) is 0 Å². The molecule has 0 aromatic carbocycles. The fourth-order valence-corrected chi connectivity index (χ4v) is 1.42. The predicted octanol–water partition coefficient (Wildman–Crippen LogP) is 1.65. The lowest BCUT2D eigenvalue weighted by Crippen LogP contribution is -2.43. The Morgan fingerprint density at radius 1 is 1.41 bits per heavy atom. The summed E-state index contributed by atoms with van der Waals surface area (Å²) in [6.45, 7) is 6.03. The average molecular weight is 354 g/mol. The molecule has 0 spiro atoms. The van der Waals surface area contributed by atoms with Crippen LogP contribution in [0, 0.1) is 5.92 Å². The SMILES string of the molecule is CN(C)C(C)(C)CN=C(N)NCC1CCC1.I. The molecular weight excluding hydrogens is 327 g/mol. The number of likely N-dealkylation sites (N-methyl/N-ethyl adjacent to an activating group) is 1. The number of halogens is 1. The van der Waals surface area contributed by atoms with Crippen molar-refractivity contribution >= 4 is 29.9 Å². The van der Waals surface area contributed by atoms with Crippen molar-refractivity contribution in [2.75, 3.05) is 27.2 Å². The normalized spacial score (nSPS) is 17.6. The monoisotopic (exact) mass is 354 g/mol. The van der Waals surface area contributed by atoms with Gasteiger partial charge in [0.25, 0.3) is 0 Å². The highest BCUT2D eigenvalue weighted by Crippen LogP contribution is 2.24. The predicted molar refractivity (Wildman–Crippen MR) is 85.0 cm³/mol. The van der Waals surface area contributed by atoms with E-state index in [2.05, 4.69) is 43.2 Å². The molecule has 102 valence electrons. The van der Waals surface area contributed by atoms with Gasteiger partial charge >= 0.3 is 0 Å². The van der Waals surface area contributed by atoms with Gasteiger partial charge in [-0.2, -0.15) is 0 Å². The Morgan fingerprint density at radius 2 is 2.00 bits per heavy atom. The molecule has 3 N–H and O–H groups in total. The van der Waals surface area contributed by atoms with Crippen molar-refractivity contribution in [3.63, 3.8) is 0 Å². The van der Waals surface area contributed by atoms with Gasteiger partial charge in [-0.15, -0.1) is 24.0 Å². The van der Waals surface area contributed by atoms with E-state index < -0.39 is 0 Å². The zero-order valence-electron chi connectivity index (χ0n) is 11.5. The minimum absolute atomic E-state index is 0. The largest absolute Gasteiger partial charge is 0.370 e. The van der Waals surface area contributed by atoms with Gasteiger partial charge in [0.1, 0.15) is 0 Å². The van der Waals surface area contributed by atoms with E-state index in [4.69, 9.17) is 5.73 Å². The van der Waals surface area contributed by atoms with E-state index in [-0.39, 0.29) is 29.5 Å². The van der Waals surface area contributed by atoms with Crippen molar-refractivity contribution in [1.29, 1.82) is 0 Å². The van der Waals surface area contributed by atoms with Gasteiger partial charge in [-0.1, -0.05) is 6.42 Å². The fraction of sp³-hybridized carbons (Fsp3) is 0.917. The zero-order valence-corrected chi connectivity index (χ0v) is 13.8. The van der Waals surface area contributed by atoms with Gasteiger partial charge in [0.05, 0.1) is 6.54 Å². The molecule has 0 unspecified atom stereocenters. The molecule has 0 atom stereocenters. The maximum absolute atomic E-state index is 5.83. The summed E-state index contributed by atoms with van der Waals surface area (Å²) in [7, 11) is 4.13. The van der Waals surface area contributed by atoms with Gasteiger partial charge in [0, 0.05) is 12.1 Å². The van der Waals surface area contributed by atoms with E-state index >= 15 is 0 Å². The summed E-state index contributed by atoms with van der Waals surface area (Å²) in [6.07, 6.45) is 4.05. The minimum atomic E-state index is 0. The van der Waals surface area contributed by atoms with Gasteiger partial charge in [-0.25, -0.2) is 0 Å². The molecule has 0 saturated heterocycles. The second-order valence-electron chi connectivity index (χ2n) is 5.59. The molecule has 0 amide bonds. The number of nitrogens with two attached hydrogens (primary N) is 1. The number of nitrogens with zero attached hydrogens (tertiary/aromatic N) is 2. The maximum Gasteiger partial charge on any atom is 0.188 e.